The molecule has 0 aliphatic heterocycles. The molecule has 0 radical (unpaired) electrons. The first-order valence-corrected chi connectivity index (χ1v) is 7.28. The number of carbonyl (C=O) groups is 1. The van der Waals surface area contributed by atoms with Gasteiger partial charge >= 0.3 is 0 Å². The van der Waals surface area contributed by atoms with Crippen LogP contribution in [0.2, 0.25) is 0 Å². The van der Waals surface area contributed by atoms with Gasteiger partial charge in [0.05, 0.1) is 7.11 Å². The summed E-state index contributed by atoms with van der Waals surface area (Å²) < 4.78 is 5.08. The van der Waals surface area contributed by atoms with Gasteiger partial charge in [-0.15, -0.1) is 0 Å². The number of hydrogen-bond acceptors (Lipinski definition) is 2. The van der Waals surface area contributed by atoms with E-state index in [0.29, 0.717) is 11.3 Å². The van der Waals surface area contributed by atoms with Crippen molar-refractivity contribution in [1.29, 1.82) is 0 Å². The van der Waals surface area contributed by atoms with Crippen molar-refractivity contribution in [3.63, 3.8) is 0 Å². The zero-order chi connectivity index (χ0) is 17.1. The molecule has 1 aromatic rings. The fourth-order valence-electron chi connectivity index (χ4n) is 1.89. The average molecular weight is 306 g/mol. The van der Waals surface area contributed by atoms with Crippen LogP contribution in [0.1, 0.15) is 22.8 Å². The highest BCUT2D eigenvalue weighted by Crippen LogP contribution is 2.18. The first kappa shape index (κ1) is 18.2. The van der Waals surface area contributed by atoms with Crippen LogP contribution in [-0.2, 0) is 4.74 Å². The Labute approximate surface area is 138 Å². The van der Waals surface area contributed by atoms with E-state index in [0.717, 1.165) is 11.1 Å². The SMILES string of the molecule is C=C\C=C(/C=C/C=C/C=C(\C=C)OC)c1cccc(C(C)=O)c1. The van der Waals surface area contributed by atoms with Crippen LogP contribution in [0, 0.1) is 0 Å². The van der Waals surface area contributed by atoms with E-state index in [9.17, 15) is 4.79 Å². The number of methoxy groups -OCH3 is 1. The fraction of sp³-hybridized carbons (Fsp3) is 0.0952. The van der Waals surface area contributed by atoms with E-state index in [1.165, 1.54) is 0 Å². The summed E-state index contributed by atoms with van der Waals surface area (Å²) in [4.78, 5) is 11.5. The number of hydrogen-bond donors (Lipinski definition) is 0. The molecule has 0 saturated heterocycles. The Balaban J connectivity index is 2.96. The molecule has 118 valence electrons. The third kappa shape index (κ3) is 6.18. The minimum absolute atomic E-state index is 0.0512. The third-order valence-electron chi connectivity index (χ3n) is 3.10. The molecular formula is C21H22O2. The maximum atomic E-state index is 11.5. The van der Waals surface area contributed by atoms with E-state index in [1.807, 2.05) is 60.7 Å². The summed E-state index contributed by atoms with van der Waals surface area (Å²) in [5, 5.41) is 0. The largest absolute Gasteiger partial charge is 0.497 e. The van der Waals surface area contributed by atoms with E-state index in [4.69, 9.17) is 4.74 Å². The molecule has 1 aromatic carbocycles. The van der Waals surface area contributed by atoms with Crippen molar-refractivity contribution in [2.45, 2.75) is 6.92 Å². The van der Waals surface area contributed by atoms with E-state index in [1.54, 1.807) is 26.2 Å². The Morgan fingerprint density at radius 3 is 2.43 bits per heavy atom. The standard InChI is InChI=1S/C21H22O2/c1-5-11-18(12-8-7-9-15-21(6-2)23-4)20-14-10-13-19(16-20)17(3)22/h5-16H,1-2H2,3-4H3/b9-7+,12-8+,18-11+,21-15+. The Morgan fingerprint density at radius 1 is 1.09 bits per heavy atom. The molecule has 0 N–H and O–H groups in total. The summed E-state index contributed by atoms with van der Waals surface area (Å²) in [5.41, 5.74) is 2.65. The number of carbonyl (C=O) groups excluding carboxylic acids is 1. The van der Waals surface area contributed by atoms with Crippen LogP contribution in [0.5, 0.6) is 0 Å². The maximum absolute atomic E-state index is 11.5. The van der Waals surface area contributed by atoms with Gasteiger partial charge in [0.15, 0.2) is 5.78 Å². The summed E-state index contributed by atoms with van der Waals surface area (Å²) in [6.07, 6.45) is 14.8. The summed E-state index contributed by atoms with van der Waals surface area (Å²) >= 11 is 0. The molecular weight excluding hydrogens is 284 g/mol. The van der Waals surface area contributed by atoms with Gasteiger partial charge < -0.3 is 4.74 Å². The van der Waals surface area contributed by atoms with Crippen molar-refractivity contribution in [3.8, 4) is 0 Å². The predicted molar refractivity (Wildman–Crippen MR) is 98.2 cm³/mol. The monoisotopic (exact) mass is 306 g/mol. The number of Topliss-reactive ketones (excluding diaryl/α,β-unsaturated/α-hetero) is 1. The fourth-order valence-corrected chi connectivity index (χ4v) is 1.89. The molecule has 0 aromatic heterocycles. The van der Waals surface area contributed by atoms with E-state index < -0.39 is 0 Å². The van der Waals surface area contributed by atoms with Crippen LogP contribution in [0.4, 0.5) is 0 Å². The zero-order valence-electron chi connectivity index (χ0n) is 13.7. The van der Waals surface area contributed by atoms with Gasteiger partial charge in [-0.1, -0.05) is 67.8 Å². The molecule has 2 heteroatoms. The Bertz CT molecular complexity index is 686. The van der Waals surface area contributed by atoms with Crippen molar-refractivity contribution < 1.29 is 9.53 Å². The van der Waals surface area contributed by atoms with Gasteiger partial charge in [0, 0.05) is 5.56 Å². The highest BCUT2D eigenvalue weighted by atomic mass is 16.5. The van der Waals surface area contributed by atoms with Crippen molar-refractivity contribution in [3.05, 3.63) is 103 Å². The van der Waals surface area contributed by atoms with E-state index in [-0.39, 0.29) is 5.78 Å². The minimum Gasteiger partial charge on any atom is -0.497 e. The average Bonchev–Trinajstić information content (AvgIpc) is 2.57. The normalized spacial score (nSPS) is 12.6. The van der Waals surface area contributed by atoms with Crippen LogP contribution in [0.25, 0.3) is 5.57 Å². The Hall–Kier alpha value is -2.87. The summed E-state index contributed by atoms with van der Waals surface area (Å²) in [5.74, 6) is 0.751. The Morgan fingerprint density at radius 2 is 1.83 bits per heavy atom. The van der Waals surface area contributed by atoms with Gasteiger partial charge in [-0.25, -0.2) is 0 Å². The summed E-state index contributed by atoms with van der Waals surface area (Å²) in [6.45, 7) is 8.96. The molecule has 2 nitrogen and oxygen atoms in total. The second-order valence-corrected chi connectivity index (χ2v) is 4.72. The minimum atomic E-state index is 0.0512. The van der Waals surface area contributed by atoms with E-state index >= 15 is 0 Å². The summed E-state index contributed by atoms with van der Waals surface area (Å²) in [6, 6.07) is 7.54. The lowest BCUT2D eigenvalue weighted by molar-refractivity contribution is 0.101. The van der Waals surface area contributed by atoms with Gasteiger partial charge in [-0.2, -0.15) is 0 Å². The lowest BCUT2D eigenvalue weighted by Gasteiger charge is -2.04. The van der Waals surface area contributed by atoms with Gasteiger partial charge in [0.1, 0.15) is 5.76 Å². The van der Waals surface area contributed by atoms with Crippen molar-refractivity contribution in [2.75, 3.05) is 7.11 Å². The number of ketones is 1. The van der Waals surface area contributed by atoms with Crippen LogP contribution in [-0.4, -0.2) is 12.9 Å². The molecule has 0 unspecified atom stereocenters. The molecule has 0 saturated carbocycles. The molecule has 0 heterocycles. The molecule has 0 spiro atoms. The zero-order valence-corrected chi connectivity index (χ0v) is 13.7. The molecule has 0 amide bonds. The number of benzene rings is 1. The second kappa shape index (κ2) is 9.96. The molecule has 1 rings (SSSR count). The molecule has 0 bridgehead atoms. The van der Waals surface area contributed by atoms with Crippen LogP contribution >= 0.6 is 0 Å². The van der Waals surface area contributed by atoms with Gasteiger partial charge in [0.25, 0.3) is 0 Å². The first-order chi connectivity index (χ1) is 11.1. The smallest absolute Gasteiger partial charge is 0.159 e. The molecule has 23 heavy (non-hydrogen) atoms. The van der Waals surface area contributed by atoms with Crippen molar-refractivity contribution in [1.82, 2.24) is 0 Å². The number of allylic oxidation sites excluding steroid dienone is 9. The quantitative estimate of drug-likeness (QED) is 0.371. The van der Waals surface area contributed by atoms with Crippen molar-refractivity contribution >= 4 is 11.4 Å². The number of ether oxygens (including phenoxy) is 1. The maximum Gasteiger partial charge on any atom is 0.159 e. The molecule has 0 aliphatic carbocycles. The van der Waals surface area contributed by atoms with Crippen LogP contribution < -0.4 is 0 Å². The highest BCUT2D eigenvalue weighted by molar-refractivity contribution is 5.95. The topological polar surface area (TPSA) is 26.3 Å². The first-order valence-electron chi connectivity index (χ1n) is 7.28. The van der Waals surface area contributed by atoms with Crippen LogP contribution in [0.3, 0.4) is 0 Å². The van der Waals surface area contributed by atoms with E-state index in [2.05, 4.69) is 13.2 Å². The molecule has 0 fully saturated rings. The lowest BCUT2D eigenvalue weighted by Crippen LogP contribution is -1.92. The predicted octanol–water partition coefficient (Wildman–Crippen LogP) is 5.29. The van der Waals surface area contributed by atoms with Gasteiger partial charge in [-0.3, -0.25) is 4.79 Å². The van der Waals surface area contributed by atoms with Crippen molar-refractivity contribution in [2.24, 2.45) is 0 Å². The lowest BCUT2D eigenvalue weighted by atomic mass is 10.0. The highest BCUT2D eigenvalue weighted by Gasteiger charge is 2.02. The Kier molecular flexibility index (Phi) is 7.87. The van der Waals surface area contributed by atoms with Gasteiger partial charge in [-0.05, 0) is 36.3 Å². The molecule has 0 aliphatic rings. The number of rotatable bonds is 8. The summed E-state index contributed by atoms with van der Waals surface area (Å²) in [7, 11) is 1.60. The second-order valence-electron chi connectivity index (χ2n) is 4.72. The molecule has 0 atom stereocenters. The van der Waals surface area contributed by atoms with Crippen LogP contribution in [0.15, 0.2) is 91.8 Å². The third-order valence-corrected chi connectivity index (χ3v) is 3.10. The van der Waals surface area contributed by atoms with Gasteiger partial charge in [0.2, 0.25) is 0 Å².